The molecule has 1 atom stereocenters. The maximum absolute atomic E-state index is 3.65. The molecule has 0 saturated carbocycles. The van der Waals surface area contributed by atoms with Crippen molar-refractivity contribution >= 4 is 0 Å². The second-order valence-corrected chi connectivity index (χ2v) is 7.67. The molecule has 0 aliphatic rings. The largest absolute Gasteiger partial charge is 0.316 e. The Morgan fingerprint density at radius 3 is 2.19 bits per heavy atom. The number of hydrogen-bond acceptors (Lipinski definition) is 3. The molecule has 0 heterocycles. The van der Waals surface area contributed by atoms with Crippen molar-refractivity contribution in [1.29, 1.82) is 0 Å². The van der Waals surface area contributed by atoms with Gasteiger partial charge in [-0.1, -0.05) is 41.0 Å². The van der Waals surface area contributed by atoms with Crippen molar-refractivity contribution in [3.8, 4) is 0 Å². The quantitative estimate of drug-likeness (QED) is 0.526. The highest BCUT2D eigenvalue weighted by Gasteiger charge is 2.26. The first-order valence-electron chi connectivity index (χ1n) is 8.90. The molecule has 3 nitrogen and oxygen atoms in total. The Kier molecular flexibility index (Phi) is 11.4. The van der Waals surface area contributed by atoms with Gasteiger partial charge in [0.05, 0.1) is 0 Å². The minimum atomic E-state index is 0.394. The Hall–Kier alpha value is -0.120. The molecular formula is C18H41N3. The van der Waals surface area contributed by atoms with Crippen LogP contribution in [0, 0.1) is 11.3 Å². The fraction of sp³-hybridized carbons (Fsp3) is 1.00. The van der Waals surface area contributed by atoms with Crippen LogP contribution in [0.4, 0.5) is 0 Å². The van der Waals surface area contributed by atoms with Crippen LogP contribution < -0.4 is 5.32 Å². The average Bonchev–Trinajstić information content (AvgIpc) is 2.36. The van der Waals surface area contributed by atoms with E-state index in [1.54, 1.807) is 0 Å². The summed E-state index contributed by atoms with van der Waals surface area (Å²) in [5, 5.41) is 3.65. The molecule has 0 aromatic carbocycles. The Morgan fingerprint density at radius 1 is 1.05 bits per heavy atom. The van der Waals surface area contributed by atoms with Gasteiger partial charge in [-0.2, -0.15) is 0 Å². The molecule has 0 spiro atoms. The van der Waals surface area contributed by atoms with Crippen molar-refractivity contribution < 1.29 is 0 Å². The number of likely N-dealkylation sites (N-methyl/N-ethyl adjacent to an activating group) is 1. The van der Waals surface area contributed by atoms with Crippen LogP contribution in [-0.4, -0.2) is 63.2 Å². The first-order chi connectivity index (χ1) is 9.83. The molecule has 0 aromatic heterocycles. The maximum Gasteiger partial charge on any atom is 0.0109 e. The Morgan fingerprint density at radius 2 is 1.71 bits per heavy atom. The fourth-order valence-corrected chi connectivity index (χ4v) is 3.03. The maximum atomic E-state index is 3.65. The van der Waals surface area contributed by atoms with Gasteiger partial charge in [0.1, 0.15) is 0 Å². The minimum absolute atomic E-state index is 0.394. The summed E-state index contributed by atoms with van der Waals surface area (Å²) >= 11 is 0. The van der Waals surface area contributed by atoms with E-state index >= 15 is 0 Å². The summed E-state index contributed by atoms with van der Waals surface area (Å²) in [6.07, 6.45) is 3.80. The van der Waals surface area contributed by atoms with E-state index in [9.17, 15) is 0 Å². The van der Waals surface area contributed by atoms with Gasteiger partial charge in [-0.3, -0.25) is 0 Å². The van der Waals surface area contributed by atoms with Gasteiger partial charge in [0.2, 0.25) is 0 Å². The number of nitrogens with one attached hydrogen (secondary N) is 1. The van der Waals surface area contributed by atoms with Gasteiger partial charge in [-0.15, -0.1) is 0 Å². The normalized spacial score (nSPS) is 15.1. The van der Waals surface area contributed by atoms with E-state index in [0.29, 0.717) is 5.41 Å². The third-order valence-electron chi connectivity index (χ3n) is 3.92. The SMILES string of the molecule is CCCNCC(C)(CCC)CN(CCN(C)C)CC(C)C. The van der Waals surface area contributed by atoms with Gasteiger partial charge in [-0.05, 0) is 44.8 Å². The van der Waals surface area contributed by atoms with E-state index in [4.69, 9.17) is 0 Å². The molecule has 1 unspecified atom stereocenters. The summed E-state index contributed by atoms with van der Waals surface area (Å²) in [5.74, 6) is 0.738. The highest BCUT2D eigenvalue weighted by atomic mass is 15.2. The number of rotatable bonds is 13. The number of hydrogen-bond donors (Lipinski definition) is 1. The number of nitrogens with zero attached hydrogens (tertiary/aromatic N) is 2. The van der Waals surface area contributed by atoms with Crippen LogP contribution in [0.5, 0.6) is 0 Å². The van der Waals surface area contributed by atoms with Crippen molar-refractivity contribution in [2.75, 3.05) is 53.4 Å². The van der Waals surface area contributed by atoms with Crippen LogP contribution >= 0.6 is 0 Å². The molecular weight excluding hydrogens is 258 g/mol. The van der Waals surface area contributed by atoms with E-state index in [2.05, 4.69) is 63.8 Å². The molecule has 0 saturated heterocycles. The summed E-state index contributed by atoms with van der Waals surface area (Å²) in [5.41, 5.74) is 0.394. The van der Waals surface area contributed by atoms with Crippen LogP contribution in [0.15, 0.2) is 0 Å². The first kappa shape index (κ1) is 20.9. The van der Waals surface area contributed by atoms with Gasteiger partial charge in [0.15, 0.2) is 0 Å². The van der Waals surface area contributed by atoms with E-state index in [-0.39, 0.29) is 0 Å². The predicted molar refractivity (Wildman–Crippen MR) is 96.0 cm³/mol. The Labute approximate surface area is 134 Å². The zero-order valence-electron chi connectivity index (χ0n) is 15.8. The summed E-state index contributed by atoms with van der Waals surface area (Å²) in [6, 6.07) is 0. The van der Waals surface area contributed by atoms with Crippen molar-refractivity contribution in [2.24, 2.45) is 11.3 Å². The van der Waals surface area contributed by atoms with Gasteiger partial charge in [0, 0.05) is 32.7 Å². The topological polar surface area (TPSA) is 18.5 Å². The van der Waals surface area contributed by atoms with E-state index < -0.39 is 0 Å². The molecule has 0 radical (unpaired) electrons. The van der Waals surface area contributed by atoms with Crippen LogP contribution in [0.3, 0.4) is 0 Å². The second kappa shape index (κ2) is 11.4. The molecule has 21 heavy (non-hydrogen) atoms. The Balaban J connectivity index is 4.59. The summed E-state index contributed by atoms with van der Waals surface area (Å²) in [6.45, 7) is 18.7. The minimum Gasteiger partial charge on any atom is -0.316 e. The lowest BCUT2D eigenvalue weighted by atomic mass is 9.84. The van der Waals surface area contributed by atoms with Crippen LogP contribution in [0.2, 0.25) is 0 Å². The molecule has 3 heteroatoms. The molecule has 0 aliphatic carbocycles. The van der Waals surface area contributed by atoms with E-state index in [1.807, 2.05) is 0 Å². The van der Waals surface area contributed by atoms with E-state index in [0.717, 1.165) is 25.6 Å². The van der Waals surface area contributed by atoms with Crippen molar-refractivity contribution in [3.63, 3.8) is 0 Å². The Bertz CT molecular complexity index is 241. The third-order valence-corrected chi connectivity index (χ3v) is 3.92. The lowest BCUT2D eigenvalue weighted by molar-refractivity contribution is 0.129. The highest BCUT2D eigenvalue weighted by molar-refractivity contribution is 4.81. The molecule has 0 bridgehead atoms. The predicted octanol–water partition coefficient (Wildman–Crippen LogP) is 3.31. The van der Waals surface area contributed by atoms with Crippen LogP contribution in [0.1, 0.15) is 53.9 Å². The molecule has 1 N–H and O–H groups in total. The zero-order chi connectivity index (χ0) is 16.3. The molecule has 0 aromatic rings. The highest BCUT2D eigenvalue weighted by Crippen LogP contribution is 2.24. The zero-order valence-corrected chi connectivity index (χ0v) is 15.8. The standard InChI is InChI=1S/C18H41N3/c1-8-10-18(5,15-19-11-9-2)16-21(14-17(3)4)13-12-20(6)7/h17,19H,8-16H2,1-7H3. The summed E-state index contributed by atoms with van der Waals surface area (Å²) in [4.78, 5) is 4.97. The van der Waals surface area contributed by atoms with Gasteiger partial charge in [0.25, 0.3) is 0 Å². The second-order valence-electron chi connectivity index (χ2n) is 7.67. The van der Waals surface area contributed by atoms with Crippen molar-refractivity contribution in [2.45, 2.75) is 53.9 Å². The summed E-state index contributed by atoms with van der Waals surface area (Å²) in [7, 11) is 4.34. The molecule has 128 valence electrons. The smallest absolute Gasteiger partial charge is 0.0109 e. The molecule has 0 fully saturated rings. The first-order valence-corrected chi connectivity index (χ1v) is 8.90. The lowest BCUT2D eigenvalue weighted by Crippen LogP contribution is -2.45. The average molecular weight is 300 g/mol. The summed E-state index contributed by atoms with van der Waals surface area (Å²) < 4.78 is 0. The third kappa shape index (κ3) is 11.1. The van der Waals surface area contributed by atoms with Gasteiger partial charge in [-0.25, -0.2) is 0 Å². The fourth-order valence-electron chi connectivity index (χ4n) is 3.03. The van der Waals surface area contributed by atoms with Crippen molar-refractivity contribution in [3.05, 3.63) is 0 Å². The molecule has 0 amide bonds. The van der Waals surface area contributed by atoms with E-state index in [1.165, 1.54) is 38.9 Å². The van der Waals surface area contributed by atoms with Gasteiger partial charge < -0.3 is 15.1 Å². The van der Waals surface area contributed by atoms with Crippen LogP contribution in [-0.2, 0) is 0 Å². The van der Waals surface area contributed by atoms with Crippen molar-refractivity contribution in [1.82, 2.24) is 15.1 Å². The molecule has 0 rings (SSSR count). The lowest BCUT2D eigenvalue weighted by Gasteiger charge is -2.37. The molecule has 0 aliphatic heterocycles. The van der Waals surface area contributed by atoms with Gasteiger partial charge >= 0.3 is 0 Å². The monoisotopic (exact) mass is 299 g/mol. The van der Waals surface area contributed by atoms with Crippen LogP contribution in [0.25, 0.3) is 0 Å².